The number of aromatic amines is 1. The Morgan fingerprint density at radius 2 is 1.96 bits per heavy atom. The summed E-state index contributed by atoms with van der Waals surface area (Å²) < 4.78 is 0. The second-order valence-electron chi connectivity index (χ2n) is 8.64. The van der Waals surface area contributed by atoms with Crippen molar-refractivity contribution in [2.45, 2.75) is 38.3 Å². The molecule has 1 aromatic heterocycles. The number of nitrogens with one attached hydrogen (secondary N) is 2. The number of amides is 2. The molecule has 0 unspecified atom stereocenters. The Morgan fingerprint density at radius 3 is 2.70 bits per heavy atom. The summed E-state index contributed by atoms with van der Waals surface area (Å²) in [6.45, 7) is 5.93. The lowest BCUT2D eigenvalue weighted by molar-refractivity contribution is -0.858. The van der Waals surface area contributed by atoms with Crippen LogP contribution in [0, 0.1) is 0 Å². The summed E-state index contributed by atoms with van der Waals surface area (Å²) >= 11 is 0. The first-order valence-corrected chi connectivity index (χ1v) is 9.80. The van der Waals surface area contributed by atoms with Gasteiger partial charge in [0.1, 0.15) is 6.04 Å². The molecule has 2 N–H and O–H groups in total. The highest BCUT2D eigenvalue weighted by atomic mass is 16.2. The van der Waals surface area contributed by atoms with Crippen molar-refractivity contribution in [3.8, 4) is 0 Å². The number of piperazine rings is 1. The number of rotatable bonds is 4. The second-order valence-corrected chi connectivity index (χ2v) is 8.64. The summed E-state index contributed by atoms with van der Waals surface area (Å²) in [6, 6.07) is 7.79. The maximum atomic E-state index is 13.3. The van der Waals surface area contributed by atoms with Crippen molar-refractivity contribution in [3.05, 3.63) is 35.5 Å². The Kier molecular flexibility index (Phi) is 4.26. The Morgan fingerprint density at radius 1 is 1.22 bits per heavy atom. The van der Waals surface area contributed by atoms with E-state index in [0.717, 1.165) is 29.6 Å². The monoisotopic (exact) mass is 369 g/mol. The number of fused-ring (bicyclic) bond motifs is 4. The number of hydrogen-bond acceptors (Lipinski definition) is 2. The number of para-hydroxylation sites is 1. The van der Waals surface area contributed by atoms with Crippen molar-refractivity contribution in [3.63, 3.8) is 0 Å². The van der Waals surface area contributed by atoms with Gasteiger partial charge in [-0.3, -0.25) is 9.59 Å². The largest absolute Gasteiger partial charge is 0.356 e. The van der Waals surface area contributed by atoms with E-state index in [1.165, 1.54) is 10.5 Å². The smallest absolute Gasteiger partial charge is 0.246 e. The van der Waals surface area contributed by atoms with Crippen LogP contribution in [-0.2, 0) is 21.5 Å². The molecule has 0 saturated carbocycles. The van der Waals surface area contributed by atoms with Gasteiger partial charge in [0.2, 0.25) is 11.8 Å². The Balaban J connectivity index is 1.69. The molecule has 4 rings (SSSR count). The number of carbonyl (C=O) groups excluding carboxylic acids is 2. The minimum atomic E-state index is -0.524. The van der Waals surface area contributed by atoms with Crippen LogP contribution >= 0.6 is 0 Å². The number of benzene rings is 1. The van der Waals surface area contributed by atoms with Gasteiger partial charge in [0.15, 0.2) is 0 Å². The number of nitrogens with zero attached hydrogens (tertiary/aromatic N) is 2. The third-order valence-corrected chi connectivity index (χ3v) is 6.03. The molecule has 1 atom stereocenters. The lowest BCUT2D eigenvalue weighted by Crippen LogP contribution is -3.05. The third kappa shape index (κ3) is 2.83. The van der Waals surface area contributed by atoms with Gasteiger partial charge in [-0.15, -0.1) is 0 Å². The van der Waals surface area contributed by atoms with E-state index >= 15 is 0 Å². The van der Waals surface area contributed by atoms with Gasteiger partial charge < -0.3 is 19.7 Å². The quantitative estimate of drug-likeness (QED) is 0.826. The minimum Gasteiger partial charge on any atom is -0.356 e. The van der Waals surface area contributed by atoms with Gasteiger partial charge in [-0.25, -0.2) is 0 Å². The SMILES string of the molecule is C[NH+](C)CCCN1CC(=O)N2[C@@H](Cc3c([nH]c4ccccc34)C2(C)C)C1=O. The number of H-pyrrole nitrogens is 1. The normalized spacial score (nSPS) is 21.7. The highest BCUT2D eigenvalue weighted by Gasteiger charge is 2.51. The van der Waals surface area contributed by atoms with E-state index in [9.17, 15) is 9.59 Å². The molecule has 1 aromatic carbocycles. The average Bonchev–Trinajstić information content (AvgIpc) is 2.98. The molecule has 1 fully saturated rings. The van der Waals surface area contributed by atoms with E-state index < -0.39 is 11.6 Å². The minimum absolute atomic E-state index is 0.0473. The molecule has 6 heteroatoms. The summed E-state index contributed by atoms with van der Waals surface area (Å²) in [5, 5.41) is 1.16. The zero-order valence-corrected chi connectivity index (χ0v) is 16.6. The van der Waals surface area contributed by atoms with Crippen LogP contribution in [0.2, 0.25) is 0 Å². The fourth-order valence-electron chi connectivity index (χ4n) is 4.75. The summed E-state index contributed by atoms with van der Waals surface area (Å²) in [5.41, 5.74) is 2.79. The van der Waals surface area contributed by atoms with E-state index in [-0.39, 0.29) is 18.4 Å². The molecule has 0 spiro atoms. The lowest BCUT2D eigenvalue weighted by atomic mass is 9.82. The van der Waals surface area contributed by atoms with E-state index in [0.29, 0.717) is 13.0 Å². The van der Waals surface area contributed by atoms with E-state index in [1.807, 2.05) is 30.9 Å². The predicted octanol–water partition coefficient (Wildman–Crippen LogP) is 0.533. The Labute approximate surface area is 160 Å². The van der Waals surface area contributed by atoms with Crippen LogP contribution in [0.5, 0.6) is 0 Å². The van der Waals surface area contributed by atoms with Crippen LogP contribution in [0.3, 0.4) is 0 Å². The molecule has 3 heterocycles. The summed E-state index contributed by atoms with van der Waals surface area (Å²) in [5.74, 6) is 0.137. The van der Waals surface area contributed by atoms with Gasteiger partial charge in [-0.2, -0.15) is 0 Å². The summed E-state index contributed by atoms with van der Waals surface area (Å²) in [7, 11) is 4.21. The third-order valence-electron chi connectivity index (χ3n) is 6.03. The van der Waals surface area contributed by atoms with Crippen molar-refractivity contribution < 1.29 is 14.5 Å². The van der Waals surface area contributed by atoms with Crippen molar-refractivity contribution in [2.24, 2.45) is 0 Å². The molecular weight excluding hydrogens is 340 g/mol. The molecule has 1 saturated heterocycles. The van der Waals surface area contributed by atoms with Crippen LogP contribution < -0.4 is 4.90 Å². The Bertz CT molecular complexity index is 899. The summed E-state index contributed by atoms with van der Waals surface area (Å²) in [4.78, 5) is 34.7. The molecular formula is C21H29N4O2+. The molecule has 0 aliphatic carbocycles. The molecule has 2 amide bonds. The first-order valence-electron chi connectivity index (χ1n) is 9.80. The predicted molar refractivity (Wildman–Crippen MR) is 105 cm³/mol. The van der Waals surface area contributed by atoms with Crippen LogP contribution in [0.4, 0.5) is 0 Å². The van der Waals surface area contributed by atoms with Gasteiger partial charge in [0.25, 0.3) is 0 Å². The van der Waals surface area contributed by atoms with Gasteiger partial charge in [0, 0.05) is 36.0 Å². The van der Waals surface area contributed by atoms with Gasteiger partial charge in [-0.1, -0.05) is 18.2 Å². The number of carbonyl (C=O) groups is 2. The fourth-order valence-corrected chi connectivity index (χ4v) is 4.75. The fraction of sp³-hybridized carbons (Fsp3) is 0.524. The zero-order valence-electron chi connectivity index (χ0n) is 16.6. The first kappa shape index (κ1) is 18.0. The highest BCUT2D eigenvalue weighted by Crippen LogP contribution is 2.42. The standard InChI is InChI=1S/C21H28N4O2/c1-21(2)19-15(14-8-5-6-9-16(14)22-19)12-17-20(27)24(11-7-10-23(3)4)13-18(26)25(17)21/h5-6,8-9,17,22H,7,10-13H2,1-4H3/p+1/t17-/m0/s1. The van der Waals surface area contributed by atoms with Crippen molar-refractivity contribution in [2.75, 3.05) is 33.7 Å². The van der Waals surface area contributed by atoms with Crippen molar-refractivity contribution in [1.29, 1.82) is 0 Å². The molecule has 2 aromatic rings. The van der Waals surface area contributed by atoms with Crippen molar-refractivity contribution >= 4 is 22.7 Å². The summed E-state index contributed by atoms with van der Waals surface area (Å²) in [6.07, 6.45) is 1.50. The lowest BCUT2D eigenvalue weighted by Gasteiger charge is -2.51. The average molecular weight is 369 g/mol. The van der Waals surface area contributed by atoms with E-state index in [1.54, 1.807) is 4.90 Å². The highest BCUT2D eigenvalue weighted by molar-refractivity contribution is 5.97. The van der Waals surface area contributed by atoms with Crippen LogP contribution in [0.15, 0.2) is 24.3 Å². The maximum Gasteiger partial charge on any atom is 0.246 e. The molecule has 6 nitrogen and oxygen atoms in total. The topological polar surface area (TPSA) is 60.9 Å². The molecule has 0 radical (unpaired) electrons. The van der Waals surface area contributed by atoms with Crippen LogP contribution in [0.25, 0.3) is 10.9 Å². The van der Waals surface area contributed by atoms with Crippen molar-refractivity contribution in [1.82, 2.24) is 14.8 Å². The van der Waals surface area contributed by atoms with Gasteiger partial charge >= 0.3 is 0 Å². The molecule has 0 bridgehead atoms. The Hall–Kier alpha value is -2.34. The maximum absolute atomic E-state index is 13.3. The second kappa shape index (κ2) is 6.37. The van der Waals surface area contributed by atoms with Gasteiger partial charge in [0.05, 0.1) is 32.7 Å². The van der Waals surface area contributed by atoms with E-state index in [4.69, 9.17) is 0 Å². The molecule has 2 aliphatic heterocycles. The molecule has 2 aliphatic rings. The van der Waals surface area contributed by atoms with Gasteiger partial charge in [-0.05, 0) is 25.5 Å². The van der Waals surface area contributed by atoms with Crippen LogP contribution in [-0.4, -0.2) is 66.4 Å². The van der Waals surface area contributed by atoms with E-state index in [2.05, 4.69) is 31.2 Å². The molecule has 27 heavy (non-hydrogen) atoms. The van der Waals surface area contributed by atoms with Crippen LogP contribution in [0.1, 0.15) is 31.5 Å². The number of hydrogen-bond donors (Lipinski definition) is 2. The number of quaternary nitrogens is 1. The first-order chi connectivity index (χ1) is 12.8. The zero-order chi connectivity index (χ0) is 19.3. The molecule has 144 valence electrons. The number of aromatic nitrogens is 1.